The molecule has 1 heterocycles. The van der Waals surface area contributed by atoms with Crippen molar-refractivity contribution in [2.75, 3.05) is 6.61 Å². The molecule has 2 rings (SSSR count). The zero-order valence-corrected chi connectivity index (χ0v) is 16.0. The Kier molecular flexibility index (Phi) is 4.89. The fraction of sp³-hybridized carbons (Fsp3) is 0.500. The number of para-hydroxylation sites is 1. The molecule has 2 aromatic rings. The van der Waals surface area contributed by atoms with Crippen molar-refractivity contribution in [3.63, 3.8) is 0 Å². The number of aromatic nitrogens is 1. The number of nitrogens with zero attached hydrogens (tertiary/aromatic N) is 1. The van der Waals surface area contributed by atoms with Crippen LogP contribution in [0.1, 0.15) is 27.7 Å². The van der Waals surface area contributed by atoms with Gasteiger partial charge in [0.2, 0.25) is 0 Å². The van der Waals surface area contributed by atoms with Crippen molar-refractivity contribution >= 4 is 25.2 Å². The van der Waals surface area contributed by atoms with Gasteiger partial charge in [-0.1, -0.05) is 32.9 Å². The van der Waals surface area contributed by atoms with E-state index in [1.165, 1.54) is 0 Å². The molecule has 126 valence electrons. The van der Waals surface area contributed by atoms with Gasteiger partial charge in [-0.15, -0.1) is 0 Å². The van der Waals surface area contributed by atoms with Crippen LogP contribution in [0, 0.1) is 0 Å². The summed E-state index contributed by atoms with van der Waals surface area (Å²) >= 11 is 0. The maximum absolute atomic E-state index is 11.8. The maximum Gasteiger partial charge on any atom is 0.325 e. The lowest BCUT2D eigenvalue weighted by atomic mass is 10.2. The minimum absolute atomic E-state index is 0.119. The van der Waals surface area contributed by atoms with E-state index in [4.69, 9.17) is 9.16 Å². The molecule has 1 aromatic carbocycles. The van der Waals surface area contributed by atoms with Crippen molar-refractivity contribution in [2.24, 2.45) is 0 Å². The van der Waals surface area contributed by atoms with E-state index in [2.05, 4.69) is 33.9 Å². The van der Waals surface area contributed by atoms with Crippen LogP contribution in [-0.4, -0.2) is 25.5 Å². The summed E-state index contributed by atoms with van der Waals surface area (Å²) < 4.78 is 13.5. The Morgan fingerprint density at radius 1 is 1.22 bits per heavy atom. The molecule has 0 saturated heterocycles. The molecule has 0 aliphatic rings. The van der Waals surface area contributed by atoms with Crippen LogP contribution in [-0.2, 0) is 16.1 Å². The zero-order chi connectivity index (χ0) is 17.3. The number of benzene rings is 1. The molecule has 0 saturated carbocycles. The molecule has 1 aromatic heterocycles. The van der Waals surface area contributed by atoms with E-state index in [9.17, 15) is 4.79 Å². The average Bonchev–Trinajstić information content (AvgIpc) is 2.81. The highest BCUT2D eigenvalue weighted by Crippen LogP contribution is 2.39. The second kappa shape index (κ2) is 6.39. The number of fused-ring (bicyclic) bond motifs is 1. The monoisotopic (exact) mass is 333 g/mol. The largest absolute Gasteiger partial charge is 0.542 e. The molecule has 0 fully saturated rings. The average molecular weight is 334 g/mol. The molecule has 5 heteroatoms. The normalized spacial score (nSPS) is 12.4. The topological polar surface area (TPSA) is 40.5 Å². The third-order valence-corrected chi connectivity index (χ3v) is 8.87. The molecule has 0 unspecified atom stereocenters. The van der Waals surface area contributed by atoms with E-state index in [1.807, 2.05) is 42.0 Å². The molecule has 0 radical (unpaired) electrons. The highest BCUT2D eigenvalue weighted by atomic mass is 28.4. The lowest BCUT2D eigenvalue weighted by molar-refractivity contribution is -0.143. The van der Waals surface area contributed by atoms with Crippen molar-refractivity contribution in [1.82, 2.24) is 4.57 Å². The first-order chi connectivity index (χ1) is 10.7. The fourth-order valence-corrected chi connectivity index (χ4v) is 3.23. The summed E-state index contributed by atoms with van der Waals surface area (Å²) in [5, 5.41) is 1.19. The first kappa shape index (κ1) is 17.6. The van der Waals surface area contributed by atoms with Gasteiger partial charge in [-0.2, -0.15) is 0 Å². The highest BCUT2D eigenvalue weighted by molar-refractivity contribution is 6.74. The third kappa shape index (κ3) is 3.78. The Balaban J connectivity index is 2.41. The van der Waals surface area contributed by atoms with Gasteiger partial charge in [0.15, 0.2) is 0 Å². The first-order valence-electron chi connectivity index (χ1n) is 8.08. The van der Waals surface area contributed by atoms with Crippen LogP contribution < -0.4 is 4.43 Å². The first-order valence-corrected chi connectivity index (χ1v) is 11.0. The predicted molar refractivity (Wildman–Crippen MR) is 96.4 cm³/mol. The van der Waals surface area contributed by atoms with Crippen molar-refractivity contribution in [1.29, 1.82) is 0 Å². The van der Waals surface area contributed by atoms with E-state index in [0.717, 1.165) is 16.7 Å². The Labute approximate surface area is 139 Å². The smallest absolute Gasteiger partial charge is 0.325 e. The van der Waals surface area contributed by atoms with Crippen LogP contribution in [0.15, 0.2) is 30.5 Å². The lowest BCUT2D eigenvalue weighted by Gasteiger charge is -2.36. The molecule has 0 aliphatic heterocycles. The molecule has 0 atom stereocenters. The number of carbonyl (C=O) groups excluding carboxylic acids is 1. The van der Waals surface area contributed by atoms with Crippen LogP contribution in [0.5, 0.6) is 5.75 Å². The van der Waals surface area contributed by atoms with Crippen molar-refractivity contribution in [3.05, 3.63) is 30.5 Å². The van der Waals surface area contributed by atoms with Crippen molar-refractivity contribution in [2.45, 2.75) is 52.4 Å². The van der Waals surface area contributed by atoms with Crippen LogP contribution in [0.4, 0.5) is 0 Å². The van der Waals surface area contributed by atoms with Gasteiger partial charge in [-0.25, -0.2) is 0 Å². The lowest BCUT2D eigenvalue weighted by Crippen LogP contribution is -2.44. The van der Waals surface area contributed by atoms with Gasteiger partial charge in [0.1, 0.15) is 12.3 Å². The van der Waals surface area contributed by atoms with E-state index in [0.29, 0.717) is 6.61 Å². The number of hydrogen-bond donors (Lipinski definition) is 0. The SMILES string of the molecule is CCOC(=O)Cn1ccc2cccc(O[Si](C)(C)C(C)(C)C)c21. The Bertz CT molecular complexity index is 698. The standard InChI is InChI=1S/C18H27NO3Si/c1-7-21-16(20)13-19-12-11-14-9-8-10-15(17(14)19)22-23(5,6)18(2,3)4/h8-12H,7,13H2,1-6H3. The maximum atomic E-state index is 11.8. The van der Waals surface area contributed by atoms with Gasteiger partial charge in [0, 0.05) is 11.6 Å². The van der Waals surface area contributed by atoms with E-state index >= 15 is 0 Å². The molecule has 0 aliphatic carbocycles. The molecule has 0 N–H and O–H groups in total. The molecule has 4 nitrogen and oxygen atoms in total. The second-order valence-electron chi connectivity index (χ2n) is 7.31. The highest BCUT2D eigenvalue weighted by Gasteiger charge is 2.39. The van der Waals surface area contributed by atoms with Crippen LogP contribution in [0.3, 0.4) is 0 Å². The molecular weight excluding hydrogens is 306 g/mol. The van der Waals surface area contributed by atoms with Gasteiger partial charge < -0.3 is 13.7 Å². The number of hydrogen-bond acceptors (Lipinski definition) is 3. The van der Waals surface area contributed by atoms with Crippen molar-refractivity contribution < 1.29 is 14.0 Å². The minimum atomic E-state index is -1.94. The van der Waals surface area contributed by atoms with Gasteiger partial charge in [-0.05, 0) is 37.2 Å². The summed E-state index contributed by atoms with van der Waals surface area (Å²) in [6.45, 7) is 13.5. The second-order valence-corrected chi connectivity index (χ2v) is 12.0. The van der Waals surface area contributed by atoms with E-state index in [1.54, 1.807) is 0 Å². The quantitative estimate of drug-likeness (QED) is 0.593. The van der Waals surface area contributed by atoms with Crippen molar-refractivity contribution in [3.8, 4) is 5.75 Å². The minimum Gasteiger partial charge on any atom is -0.542 e. The number of ether oxygens (including phenoxy) is 1. The molecule has 0 spiro atoms. The van der Waals surface area contributed by atoms with Gasteiger partial charge >= 0.3 is 5.97 Å². The summed E-state index contributed by atoms with van der Waals surface area (Å²) in [6, 6.07) is 8.03. The van der Waals surface area contributed by atoms with E-state index < -0.39 is 8.32 Å². The van der Waals surface area contributed by atoms with Gasteiger partial charge in [0.25, 0.3) is 8.32 Å². The summed E-state index contributed by atoms with van der Waals surface area (Å²) in [7, 11) is -1.94. The Morgan fingerprint density at radius 2 is 1.91 bits per heavy atom. The molecular formula is C18H27NO3Si. The van der Waals surface area contributed by atoms with Crippen LogP contribution in [0.25, 0.3) is 10.9 Å². The van der Waals surface area contributed by atoms with Gasteiger partial charge in [-0.3, -0.25) is 4.79 Å². The molecule has 23 heavy (non-hydrogen) atoms. The fourth-order valence-electron chi connectivity index (χ4n) is 2.21. The number of esters is 1. The van der Waals surface area contributed by atoms with E-state index in [-0.39, 0.29) is 17.6 Å². The summed E-state index contributed by atoms with van der Waals surface area (Å²) in [6.07, 6.45) is 1.92. The Morgan fingerprint density at radius 3 is 2.52 bits per heavy atom. The van der Waals surface area contributed by atoms with Crippen LogP contribution in [0.2, 0.25) is 18.1 Å². The predicted octanol–water partition coefficient (Wildman–Crippen LogP) is 4.59. The zero-order valence-electron chi connectivity index (χ0n) is 15.0. The summed E-state index contributed by atoms with van der Waals surface area (Å²) in [5.41, 5.74) is 0.963. The Hall–Kier alpha value is -1.75. The molecule has 0 bridgehead atoms. The number of rotatable bonds is 5. The third-order valence-electron chi connectivity index (χ3n) is 4.53. The summed E-state index contributed by atoms with van der Waals surface area (Å²) in [5.74, 6) is 0.621. The van der Waals surface area contributed by atoms with Gasteiger partial charge in [0.05, 0.1) is 12.1 Å². The van der Waals surface area contributed by atoms with Crippen LogP contribution >= 0.6 is 0 Å². The molecule has 0 amide bonds. The number of carbonyl (C=O) groups is 1. The summed E-state index contributed by atoms with van der Waals surface area (Å²) in [4.78, 5) is 11.8.